The van der Waals surface area contributed by atoms with E-state index in [0.29, 0.717) is 6.54 Å². The molecule has 14 heavy (non-hydrogen) atoms. The van der Waals surface area contributed by atoms with Crippen molar-refractivity contribution >= 4 is 5.91 Å². The summed E-state index contributed by atoms with van der Waals surface area (Å²) in [6.07, 6.45) is 1.76. The summed E-state index contributed by atoms with van der Waals surface area (Å²) in [7, 11) is 0. The van der Waals surface area contributed by atoms with Crippen LogP contribution in [0.3, 0.4) is 0 Å². The van der Waals surface area contributed by atoms with Gasteiger partial charge in [-0.2, -0.15) is 0 Å². The van der Waals surface area contributed by atoms with Gasteiger partial charge in [0.25, 0.3) is 0 Å². The first-order valence-electron chi connectivity index (χ1n) is 5.00. The Labute approximate surface area is 85.5 Å². The molecule has 1 saturated heterocycles. The maximum atomic E-state index is 11.9. The third kappa shape index (κ3) is 2.23. The van der Waals surface area contributed by atoms with E-state index in [4.69, 9.17) is 0 Å². The van der Waals surface area contributed by atoms with Crippen molar-refractivity contribution in [2.24, 2.45) is 0 Å². The average Bonchev–Trinajstić information content (AvgIpc) is 2.10. The molecule has 1 aliphatic heterocycles. The summed E-state index contributed by atoms with van der Waals surface area (Å²) in [6.45, 7) is 10.6. The lowest BCUT2D eigenvalue weighted by Crippen LogP contribution is -2.39. The number of carbonyl (C=O) groups is 1. The van der Waals surface area contributed by atoms with Gasteiger partial charge in [-0.15, -0.1) is 6.58 Å². The first-order valence-corrected chi connectivity index (χ1v) is 5.00. The van der Waals surface area contributed by atoms with Crippen LogP contribution < -0.4 is 5.32 Å². The predicted octanol–water partition coefficient (Wildman–Crippen LogP) is 0.941. The van der Waals surface area contributed by atoms with E-state index in [1.165, 1.54) is 5.57 Å². The normalized spacial score (nSPS) is 14.6. The summed E-state index contributed by atoms with van der Waals surface area (Å²) in [5, 5.41) is 3.14. The van der Waals surface area contributed by atoms with E-state index in [1.54, 1.807) is 11.0 Å². The smallest absolute Gasteiger partial charge is 0.249 e. The molecule has 1 heterocycles. The van der Waals surface area contributed by atoms with E-state index < -0.39 is 0 Å². The van der Waals surface area contributed by atoms with Crippen LogP contribution in [-0.4, -0.2) is 37.0 Å². The van der Waals surface area contributed by atoms with Gasteiger partial charge in [-0.25, -0.2) is 0 Å². The molecule has 0 aliphatic carbocycles. The van der Waals surface area contributed by atoms with Crippen molar-refractivity contribution < 1.29 is 4.79 Å². The lowest BCUT2D eigenvalue weighted by atomic mass is 10.0. The van der Waals surface area contributed by atoms with E-state index in [2.05, 4.69) is 11.9 Å². The molecule has 0 saturated carbocycles. The van der Waals surface area contributed by atoms with Crippen LogP contribution in [0.5, 0.6) is 0 Å². The quantitative estimate of drug-likeness (QED) is 0.533. The number of amides is 1. The van der Waals surface area contributed by atoms with Crippen molar-refractivity contribution in [3.63, 3.8) is 0 Å². The summed E-state index contributed by atoms with van der Waals surface area (Å²) in [5.41, 5.74) is 2.13. The molecule has 78 valence electrons. The summed E-state index contributed by atoms with van der Waals surface area (Å²) in [6, 6.07) is 0. The Kier molecular flexibility index (Phi) is 3.89. The van der Waals surface area contributed by atoms with Crippen LogP contribution in [0.15, 0.2) is 23.8 Å². The molecule has 0 spiro atoms. The Morgan fingerprint density at radius 1 is 1.64 bits per heavy atom. The average molecular weight is 194 g/mol. The van der Waals surface area contributed by atoms with Crippen molar-refractivity contribution in [2.75, 3.05) is 26.2 Å². The van der Waals surface area contributed by atoms with Crippen molar-refractivity contribution in [1.29, 1.82) is 0 Å². The van der Waals surface area contributed by atoms with Crippen molar-refractivity contribution in [2.45, 2.75) is 13.8 Å². The number of nitrogens with one attached hydrogen (secondary N) is 1. The zero-order valence-corrected chi connectivity index (χ0v) is 8.97. The Balaban J connectivity index is 2.66. The second-order valence-corrected chi connectivity index (χ2v) is 3.46. The van der Waals surface area contributed by atoms with Gasteiger partial charge in [0.1, 0.15) is 0 Å². The molecule has 0 radical (unpaired) electrons. The zero-order chi connectivity index (χ0) is 10.6. The summed E-state index contributed by atoms with van der Waals surface area (Å²) in [5.74, 6) is 0.143. The van der Waals surface area contributed by atoms with Gasteiger partial charge in [0.05, 0.1) is 0 Å². The predicted molar refractivity (Wildman–Crippen MR) is 58.0 cm³/mol. The van der Waals surface area contributed by atoms with Crippen LogP contribution in [0.1, 0.15) is 13.8 Å². The molecule has 1 aliphatic rings. The van der Waals surface area contributed by atoms with Crippen molar-refractivity contribution in [3.8, 4) is 0 Å². The maximum absolute atomic E-state index is 11.9. The van der Waals surface area contributed by atoms with Crippen LogP contribution in [-0.2, 0) is 4.79 Å². The second kappa shape index (κ2) is 4.96. The first kappa shape index (κ1) is 11.0. The summed E-state index contributed by atoms with van der Waals surface area (Å²) in [4.78, 5) is 13.7. The van der Waals surface area contributed by atoms with Crippen LogP contribution >= 0.6 is 0 Å². The number of likely N-dealkylation sites (N-methyl/N-ethyl adjacent to an activating group) is 1. The molecular formula is C11H18N2O. The Hall–Kier alpha value is -1.09. The first-order chi connectivity index (χ1) is 6.70. The van der Waals surface area contributed by atoms with Gasteiger partial charge >= 0.3 is 0 Å². The molecule has 1 fully saturated rings. The lowest BCUT2D eigenvalue weighted by Gasteiger charge is -2.25. The maximum Gasteiger partial charge on any atom is 0.249 e. The number of hydrogen-bond donors (Lipinski definition) is 1. The minimum atomic E-state index is 0.143. The minimum absolute atomic E-state index is 0.143. The van der Waals surface area contributed by atoms with Crippen LogP contribution in [0.4, 0.5) is 0 Å². The lowest BCUT2D eigenvalue weighted by molar-refractivity contribution is -0.126. The van der Waals surface area contributed by atoms with Crippen molar-refractivity contribution in [1.82, 2.24) is 10.2 Å². The molecule has 0 atom stereocenters. The van der Waals surface area contributed by atoms with E-state index in [1.807, 2.05) is 13.8 Å². The Bertz CT molecular complexity index is 262. The monoisotopic (exact) mass is 194 g/mol. The summed E-state index contributed by atoms with van der Waals surface area (Å²) >= 11 is 0. The second-order valence-electron chi connectivity index (χ2n) is 3.46. The highest BCUT2D eigenvalue weighted by atomic mass is 16.2. The van der Waals surface area contributed by atoms with E-state index >= 15 is 0 Å². The number of rotatable bonds is 4. The molecule has 0 unspecified atom stereocenters. The molecule has 0 aromatic carbocycles. The van der Waals surface area contributed by atoms with Crippen LogP contribution in [0.25, 0.3) is 0 Å². The standard InChI is InChI=1S/C11H18N2O/c1-4-6-13(5-2)11(14)9(3)10-7-12-8-10/h4,12H,1,5-8H2,2-3H3. The number of nitrogens with zero attached hydrogens (tertiary/aromatic N) is 1. The minimum Gasteiger partial charge on any atom is -0.336 e. The van der Waals surface area contributed by atoms with Gasteiger partial charge < -0.3 is 10.2 Å². The van der Waals surface area contributed by atoms with E-state index in [0.717, 1.165) is 25.2 Å². The van der Waals surface area contributed by atoms with Gasteiger partial charge in [0, 0.05) is 31.8 Å². The molecule has 0 aromatic heterocycles. The SMILES string of the molecule is C=CCN(CC)C(=O)C(C)=C1CNC1. The number of hydrogen-bond acceptors (Lipinski definition) is 2. The molecule has 0 bridgehead atoms. The summed E-state index contributed by atoms with van der Waals surface area (Å²) < 4.78 is 0. The van der Waals surface area contributed by atoms with Crippen LogP contribution in [0, 0.1) is 0 Å². The molecule has 1 amide bonds. The molecular weight excluding hydrogens is 176 g/mol. The van der Waals surface area contributed by atoms with Gasteiger partial charge in [-0.1, -0.05) is 6.08 Å². The molecule has 3 nitrogen and oxygen atoms in total. The van der Waals surface area contributed by atoms with Gasteiger partial charge in [0.2, 0.25) is 5.91 Å². The third-order valence-electron chi connectivity index (χ3n) is 2.55. The largest absolute Gasteiger partial charge is 0.336 e. The molecule has 1 rings (SSSR count). The highest BCUT2D eigenvalue weighted by Gasteiger charge is 2.19. The van der Waals surface area contributed by atoms with E-state index in [9.17, 15) is 4.79 Å². The highest BCUT2D eigenvalue weighted by molar-refractivity contribution is 5.94. The van der Waals surface area contributed by atoms with Crippen LogP contribution in [0.2, 0.25) is 0 Å². The van der Waals surface area contributed by atoms with E-state index in [-0.39, 0.29) is 5.91 Å². The molecule has 1 N–H and O–H groups in total. The van der Waals surface area contributed by atoms with Gasteiger partial charge in [-0.3, -0.25) is 4.79 Å². The van der Waals surface area contributed by atoms with Gasteiger partial charge in [0.15, 0.2) is 0 Å². The molecule has 3 heteroatoms. The molecule has 0 aromatic rings. The fourth-order valence-electron chi connectivity index (χ4n) is 1.42. The highest BCUT2D eigenvalue weighted by Crippen LogP contribution is 2.11. The topological polar surface area (TPSA) is 32.3 Å². The van der Waals surface area contributed by atoms with Crippen molar-refractivity contribution in [3.05, 3.63) is 23.8 Å². The van der Waals surface area contributed by atoms with Gasteiger partial charge in [-0.05, 0) is 19.4 Å². The Morgan fingerprint density at radius 2 is 2.29 bits per heavy atom. The Morgan fingerprint density at radius 3 is 2.64 bits per heavy atom. The third-order valence-corrected chi connectivity index (χ3v) is 2.55. The number of carbonyl (C=O) groups excluding carboxylic acids is 1. The fourth-order valence-corrected chi connectivity index (χ4v) is 1.42. The fraction of sp³-hybridized carbons (Fsp3) is 0.545. The zero-order valence-electron chi connectivity index (χ0n) is 8.97.